The van der Waals surface area contributed by atoms with Crippen molar-refractivity contribution in [2.45, 2.75) is 19.3 Å². The first kappa shape index (κ1) is 7.12. The smallest absolute Gasteiger partial charge is 0.154 e. The minimum atomic E-state index is -2.47. The molecule has 0 spiro atoms. The Bertz CT molecular complexity index is 123. The number of hydrogen-bond donors (Lipinski definition) is 0. The van der Waals surface area contributed by atoms with Crippen molar-refractivity contribution in [3.05, 3.63) is 0 Å². The zero-order valence-corrected chi connectivity index (χ0v) is 5.96. The predicted octanol–water partition coefficient (Wildman–Crippen LogP) is 1.75. The number of rotatable bonds is 0. The molecule has 1 rings (SSSR count). The standard InChI is InChI=1S/C5H10F2NS/c6-9(7)8-4-2-1-3-5-8/h1-5H2/q+1. The number of piperidine rings is 1. The number of nitrogens with zero attached hydrogens (tertiary/aromatic N) is 1. The molecule has 0 N–H and O–H groups in total. The molecule has 0 aliphatic carbocycles. The highest BCUT2D eigenvalue weighted by atomic mass is 32.2. The summed E-state index contributed by atoms with van der Waals surface area (Å²) in [6.07, 6.45) is 3.00. The Kier molecular flexibility index (Phi) is 2.57. The van der Waals surface area contributed by atoms with Crippen molar-refractivity contribution < 1.29 is 11.7 Å². The first-order chi connectivity index (χ1) is 4.30. The van der Waals surface area contributed by atoms with Gasteiger partial charge >= 0.3 is 11.5 Å². The molecule has 1 heterocycles. The van der Waals surface area contributed by atoms with E-state index < -0.39 is 11.5 Å². The average Bonchev–Trinajstić information content (AvgIpc) is 1.90. The summed E-state index contributed by atoms with van der Waals surface area (Å²) in [5, 5.41) is 0. The first-order valence-electron chi connectivity index (χ1n) is 3.12. The third-order valence-corrected chi connectivity index (χ3v) is 2.27. The molecule has 0 aromatic rings. The zero-order valence-electron chi connectivity index (χ0n) is 5.15. The fourth-order valence-electron chi connectivity index (χ4n) is 1.00. The summed E-state index contributed by atoms with van der Waals surface area (Å²) in [7, 11) is 0. The molecule has 0 amide bonds. The van der Waals surface area contributed by atoms with E-state index in [-0.39, 0.29) is 0 Å². The zero-order chi connectivity index (χ0) is 6.69. The van der Waals surface area contributed by atoms with Crippen LogP contribution in [0.25, 0.3) is 0 Å². The molecule has 54 valence electrons. The van der Waals surface area contributed by atoms with Gasteiger partial charge in [-0.25, -0.2) is 0 Å². The van der Waals surface area contributed by atoms with Crippen molar-refractivity contribution in [3.63, 3.8) is 0 Å². The van der Waals surface area contributed by atoms with Crippen molar-refractivity contribution in [3.8, 4) is 0 Å². The van der Waals surface area contributed by atoms with Crippen molar-refractivity contribution >= 4 is 11.5 Å². The van der Waals surface area contributed by atoms with Gasteiger partial charge in [-0.05, 0) is 6.42 Å². The third-order valence-electron chi connectivity index (χ3n) is 1.51. The van der Waals surface area contributed by atoms with Crippen LogP contribution in [0.1, 0.15) is 19.3 Å². The highest BCUT2D eigenvalue weighted by Gasteiger charge is 2.15. The van der Waals surface area contributed by atoms with Crippen molar-refractivity contribution in [1.82, 2.24) is 0 Å². The van der Waals surface area contributed by atoms with Crippen LogP contribution in [-0.2, 0) is 11.5 Å². The van der Waals surface area contributed by atoms with Crippen LogP contribution in [0.2, 0.25) is 0 Å². The van der Waals surface area contributed by atoms with E-state index in [1.165, 1.54) is 3.95 Å². The predicted molar refractivity (Wildman–Crippen MR) is 33.4 cm³/mol. The molecule has 1 fully saturated rings. The summed E-state index contributed by atoms with van der Waals surface area (Å²) in [6.45, 7) is 1.19. The van der Waals surface area contributed by atoms with E-state index in [9.17, 15) is 7.77 Å². The summed E-state index contributed by atoms with van der Waals surface area (Å²) >= 11 is -2.47. The first-order valence-corrected chi connectivity index (χ1v) is 4.11. The maximum absolute atomic E-state index is 11.9. The molecule has 0 unspecified atom stereocenters. The van der Waals surface area contributed by atoms with E-state index in [1.807, 2.05) is 0 Å². The maximum atomic E-state index is 11.9. The molecular weight excluding hydrogens is 144 g/mol. The Morgan fingerprint density at radius 2 is 1.56 bits per heavy atom. The van der Waals surface area contributed by atoms with Gasteiger partial charge in [0.15, 0.2) is 13.1 Å². The van der Waals surface area contributed by atoms with Gasteiger partial charge in [0.25, 0.3) is 0 Å². The van der Waals surface area contributed by atoms with Crippen LogP contribution in [0.15, 0.2) is 0 Å². The van der Waals surface area contributed by atoms with Gasteiger partial charge in [-0.15, -0.1) is 0 Å². The second kappa shape index (κ2) is 3.25. The highest BCUT2D eigenvalue weighted by molar-refractivity contribution is 7.74. The Hall–Kier alpha value is 0.01000. The van der Waals surface area contributed by atoms with E-state index in [2.05, 4.69) is 0 Å². The monoisotopic (exact) mass is 154 g/mol. The second-order valence-corrected chi connectivity index (χ2v) is 3.10. The molecule has 0 atom stereocenters. The Labute approximate surface area is 56.4 Å². The fourth-order valence-corrected chi connectivity index (χ4v) is 1.54. The van der Waals surface area contributed by atoms with Crippen LogP contribution in [0, 0.1) is 0 Å². The van der Waals surface area contributed by atoms with Crippen LogP contribution in [0.3, 0.4) is 0 Å². The molecule has 1 aliphatic rings. The molecule has 1 nitrogen and oxygen atoms in total. The Balaban J connectivity index is 2.49. The number of hydrogen-bond acceptors (Lipinski definition) is 0. The van der Waals surface area contributed by atoms with Crippen LogP contribution < -0.4 is 0 Å². The summed E-state index contributed by atoms with van der Waals surface area (Å²) in [6, 6.07) is 0. The average molecular weight is 154 g/mol. The van der Waals surface area contributed by atoms with E-state index in [0.29, 0.717) is 13.1 Å². The van der Waals surface area contributed by atoms with Crippen molar-refractivity contribution in [2.75, 3.05) is 13.1 Å². The van der Waals surface area contributed by atoms with Gasteiger partial charge in [-0.2, -0.15) is 3.95 Å². The van der Waals surface area contributed by atoms with E-state index >= 15 is 0 Å². The van der Waals surface area contributed by atoms with Gasteiger partial charge in [-0.3, -0.25) is 0 Å². The quantitative estimate of drug-likeness (QED) is 0.468. The minimum Gasteiger partial charge on any atom is -0.154 e. The molecule has 0 aromatic heterocycles. The molecule has 1 aliphatic heterocycles. The topological polar surface area (TPSA) is 3.01 Å². The SMILES string of the molecule is FS(F)=[N+]1CCCCC1. The van der Waals surface area contributed by atoms with Crippen LogP contribution >= 0.6 is 0 Å². The highest BCUT2D eigenvalue weighted by Crippen LogP contribution is 2.06. The van der Waals surface area contributed by atoms with Crippen LogP contribution in [0.5, 0.6) is 0 Å². The molecule has 4 heteroatoms. The Morgan fingerprint density at radius 1 is 1.00 bits per heavy atom. The summed E-state index contributed by atoms with van der Waals surface area (Å²) in [4.78, 5) is 0. The lowest BCUT2D eigenvalue weighted by molar-refractivity contribution is -0.517. The molecular formula is C5H10F2NS+. The normalized spacial score (nSPS) is 21.0. The van der Waals surface area contributed by atoms with Gasteiger partial charge in [0.1, 0.15) is 0 Å². The lowest BCUT2D eigenvalue weighted by Gasteiger charge is -2.06. The lowest BCUT2D eigenvalue weighted by atomic mass is 10.2. The maximum Gasteiger partial charge on any atom is 0.423 e. The molecule has 0 radical (unpaired) electrons. The van der Waals surface area contributed by atoms with Gasteiger partial charge in [0.2, 0.25) is 0 Å². The molecule has 1 saturated heterocycles. The van der Waals surface area contributed by atoms with Gasteiger partial charge in [0.05, 0.1) is 0 Å². The van der Waals surface area contributed by atoms with E-state index in [4.69, 9.17) is 0 Å². The van der Waals surface area contributed by atoms with E-state index in [0.717, 1.165) is 19.3 Å². The van der Waals surface area contributed by atoms with Gasteiger partial charge < -0.3 is 0 Å². The van der Waals surface area contributed by atoms with Gasteiger partial charge in [0, 0.05) is 12.8 Å². The molecule has 0 saturated carbocycles. The lowest BCUT2D eigenvalue weighted by Crippen LogP contribution is -2.20. The van der Waals surface area contributed by atoms with Gasteiger partial charge in [-0.1, -0.05) is 7.77 Å². The summed E-state index contributed by atoms with van der Waals surface area (Å²) in [5.74, 6) is 0. The van der Waals surface area contributed by atoms with Crippen LogP contribution in [0.4, 0.5) is 7.77 Å². The largest absolute Gasteiger partial charge is 0.423 e. The van der Waals surface area contributed by atoms with Crippen molar-refractivity contribution in [1.29, 1.82) is 0 Å². The fraction of sp³-hybridized carbons (Fsp3) is 1.00. The minimum absolute atomic E-state index is 0.593. The van der Waals surface area contributed by atoms with E-state index in [1.54, 1.807) is 0 Å². The molecule has 0 aromatic carbocycles. The summed E-state index contributed by atoms with van der Waals surface area (Å²) in [5.41, 5.74) is 0. The third kappa shape index (κ3) is 2.01. The van der Waals surface area contributed by atoms with Crippen molar-refractivity contribution in [2.24, 2.45) is 0 Å². The second-order valence-electron chi connectivity index (χ2n) is 2.19. The van der Waals surface area contributed by atoms with Crippen LogP contribution in [-0.4, -0.2) is 17.0 Å². The number of halogens is 2. The Morgan fingerprint density at radius 3 is 1.89 bits per heavy atom. The molecule has 0 bridgehead atoms. The molecule has 9 heavy (non-hydrogen) atoms. The summed E-state index contributed by atoms with van der Waals surface area (Å²) < 4.78 is 25.0.